The predicted molar refractivity (Wildman–Crippen MR) is 73.1 cm³/mol. The molecule has 0 unspecified atom stereocenters. The SMILES string of the molecule is CC(C)CCN(Cc1c(C(=O)O)cnn1C)C1CC1. The van der Waals surface area contributed by atoms with Crippen LogP contribution in [-0.2, 0) is 13.6 Å². The summed E-state index contributed by atoms with van der Waals surface area (Å²) in [5, 5.41) is 13.3. The maximum atomic E-state index is 11.2. The van der Waals surface area contributed by atoms with Crippen LogP contribution in [0.3, 0.4) is 0 Å². The number of nitrogens with zero attached hydrogens (tertiary/aromatic N) is 3. The lowest BCUT2D eigenvalue weighted by Crippen LogP contribution is -2.29. The van der Waals surface area contributed by atoms with E-state index in [2.05, 4.69) is 23.8 Å². The Morgan fingerprint density at radius 1 is 1.58 bits per heavy atom. The number of carboxylic acids is 1. The highest BCUT2D eigenvalue weighted by Gasteiger charge is 2.30. The van der Waals surface area contributed by atoms with Crippen molar-refractivity contribution in [2.45, 2.75) is 45.7 Å². The molecule has 0 atom stereocenters. The van der Waals surface area contributed by atoms with Crippen molar-refractivity contribution in [3.63, 3.8) is 0 Å². The summed E-state index contributed by atoms with van der Waals surface area (Å²) >= 11 is 0. The van der Waals surface area contributed by atoms with E-state index in [0.717, 1.165) is 18.7 Å². The fourth-order valence-corrected chi connectivity index (χ4v) is 2.28. The van der Waals surface area contributed by atoms with Crippen molar-refractivity contribution in [2.24, 2.45) is 13.0 Å². The van der Waals surface area contributed by atoms with Crippen LogP contribution in [0.4, 0.5) is 0 Å². The molecule has 106 valence electrons. The van der Waals surface area contributed by atoms with Crippen LogP contribution in [0.15, 0.2) is 6.20 Å². The number of aryl methyl sites for hydroxylation is 1. The van der Waals surface area contributed by atoms with Crippen LogP contribution in [0.1, 0.15) is 49.2 Å². The third kappa shape index (κ3) is 3.56. The highest BCUT2D eigenvalue weighted by atomic mass is 16.4. The van der Waals surface area contributed by atoms with Crippen LogP contribution in [0, 0.1) is 5.92 Å². The lowest BCUT2D eigenvalue weighted by molar-refractivity contribution is 0.0693. The van der Waals surface area contributed by atoms with Gasteiger partial charge in [0.25, 0.3) is 0 Å². The first kappa shape index (κ1) is 14.1. The number of aromatic carboxylic acids is 1. The predicted octanol–water partition coefficient (Wildman–Crippen LogP) is 2.13. The van der Waals surface area contributed by atoms with Gasteiger partial charge in [0.05, 0.1) is 11.9 Å². The molecule has 0 spiro atoms. The fraction of sp³-hybridized carbons (Fsp3) is 0.714. The molecule has 0 aromatic carbocycles. The first-order valence-corrected chi connectivity index (χ1v) is 6.97. The van der Waals surface area contributed by atoms with Gasteiger partial charge in [-0.25, -0.2) is 4.79 Å². The second kappa shape index (κ2) is 5.74. The Balaban J connectivity index is 2.08. The monoisotopic (exact) mass is 265 g/mol. The molecule has 5 nitrogen and oxygen atoms in total. The Bertz CT molecular complexity index is 450. The summed E-state index contributed by atoms with van der Waals surface area (Å²) in [6.45, 7) is 6.16. The van der Waals surface area contributed by atoms with Crippen LogP contribution in [0.25, 0.3) is 0 Å². The van der Waals surface area contributed by atoms with Crippen LogP contribution < -0.4 is 0 Å². The molecular formula is C14H23N3O2. The van der Waals surface area contributed by atoms with E-state index in [1.165, 1.54) is 19.0 Å². The molecule has 5 heteroatoms. The molecule has 1 aromatic heterocycles. The quantitative estimate of drug-likeness (QED) is 0.820. The molecule has 1 aliphatic rings. The lowest BCUT2D eigenvalue weighted by Gasteiger charge is -2.23. The number of hydrogen-bond donors (Lipinski definition) is 1. The third-order valence-corrected chi connectivity index (χ3v) is 3.70. The maximum absolute atomic E-state index is 11.2. The molecule has 0 bridgehead atoms. The maximum Gasteiger partial charge on any atom is 0.339 e. The highest BCUT2D eigenvalue weighted by Crippen LogP contribution is 2.29. The van der Waals surface area contributed by atoms with Gasteiger partial charge >= 0.3 is 5.97 Å². The Kier molecular flexibility index (Phi) is 4.24. The molecule has 1 saturated carbocycles. The molecule has 1 heterocycles. The van der Waals surface area contributed by atoms with Crippen LogP contribution in [-0.4, -0.2) is 38.3 Å². The smallest absolute Gasteiger partial charge is 0.339 e. The molecule has 0 saturated heterocycles. The minimum absolute atomic E-state index is 0.331. The van der Waals surface area contributed by atoms with Crippen molar-refractivity contribution >= 4 is 5.97 Å². The first-order valence-electron chi connectivity index (χ1n) is 6.97. The summed E-state index contributed by atoms with van der Waals surface area (Å²) in [6, 6.07) is 0.635. The van der Waals surface area contributed by atoms with Gasteiger partial charge in [0, 0.05) is 19.6 Å². The Hall–Kier alpha value is -1.36. The van der Waals surface area contributed by atoms with Crippen molar-refractivity contribution in [3.8, 4) is 0 Å². The second-order valence-electron chi connectivity index (χ2n) is 5.82. The van der Waals surface area contributed by atoms with Gasteiger partial charge in [-0.3, -0.25) is 9.58 Å². The van der Waals surface area contributed by atoms with Gasteiger partial charge in [0.1, 0.15) is 5.56 Å². The summed E-state index contributed by atoms with van der Waals surface area (Å²) in [5.41, 5.74) is 1.14. The van der Waals surface area contributed by atoms with Gasteiger partial charge in [-0.15, -0.1) is 0 Å². The molecule has 1 N–H and O–H groups in total. The molecule has 0 amide bonds. The van der Waals surface area contributed by atoms with Crippen molar-refractivity contribution < 1.29 is 9.90 Å². The van der Waals surface area contributed by atoms with E-state index in [4.69, 9.17) is 0 Å². The number of carboxylic acid groups (broad SMARTS) is 1. The number of hydrogen-bond acceptors (Lipinski definition) is 3. The summed E-state index contributed by atoms with van der Waals surface area (Å²) in [6.07, 6.45) is 5.07. The third-order valence-electron chi connectivity index (χ3n) is 3.70. The van der Waals surface area contributed by atoms with Gasteiger partial charge in [0.2, 0.25) is 0 Å². The molecule has 1 aliphatic carbocycles. The van der Waals surface area contributed by atoms with Crippen molar-refractivity contribution in [1.82, 2.24) is 14.7 Å². The number of aromatic nitrogens is 2. The molecule has 0 aliphatic heterocycles. The standard InChI is InChI=1S/C14H23N3O2/c1-10(2)6-7-17(11-4-5-11)9-13-12(14(18)19)8-15-16(13)3/h8,10-11H,4-7,9H2,1-3H3,(H,18,19). The zero-order valence-corrected chi connectivity index (χ0v) is 12.0. The highest BCUT2D eigenvalue weighted by molar-refractivity contribution is 5.88. The molecular weight excluding hydrogens is 242 g/mol. The zero-order valence-electron chi connectivity index (χ0n) is 12.0. The molecule has 2 rings (SSSR count). The second-order valence-corrected chi connectivity index (χ2v) is 5.82. The van der Waals surface area contributed by atoms with E-state index < -0.39 is 5.97 Å². The minimum Gasteiger partial charge on any atom is -0.478 e. The van der Waals surface area contributed by atoms with Gasteiger partial charge in [-0.1, -0.05) is 13.8 Å². The summed E-state index contributed by atoms with van der Waals surface area (Å²) in [5.74, 6) is -0.213. The zero-order chi connectivity index (χ0) is 14.0. The van der Waals surface area contributed by atoms with Gasteiger partial charge in [-0.05, 0) is 31.7 Å². The van der Waals surface area contributed by atoms with E-state index >= 15 is 0 Å². The Morgan fingerprint density at radius 3 is 2.79 bits per heavy atom. The summed E-state index contributed by atoms with van der Waals surface area (Å²) < 4.78 is 1.69. The minimum atomic E-state index is -0.886. The van der Waals surface area contributed by atoms with E-state index in [0.29, 0.717) is 24.1 Å². The largest absolute Gasteiger partial charge is 0.478 e. The topological polar surface area (TPSA) is 58.4 Å². The van der Waals surface area contributed by atoms with Crippen molar-refractivity contribution in [2.75, 3.05) is 6.54 Å². The number of rotatable bonds is 7. The molecule has 0 radical (unpaired) electrons. The average molecular weight is 265 g/mol. The van der Waals surface area contributed by atoms with Crippen LogP contribution in [0.2, 0.25) is 0 Å². The van der Waals surface area contributed by atoms with E-state index in [9.17, 15) is 9.90 Å². The normalized spacial score (nSPS) is 15.4. The molecule has 1 fully saturated rings. The average Bonchev–Trinajstić information content (AvgIpc) is 3.10. The number of carbonyl (C=O) groups is 1. The Morgan fingerprint density at radius 2 is 2.26 bits per heavy atom. The molecule has 19 heavy (non-hydrogen) atoms. The van der Waals surface area contributed by atoms with Crippen LogP contribution >= 0.6 is 0 Å². The van der Waals surface area contributed by atoms with Gasteiger partial charge in [0.15, 0.2) is 0 Å². The van der Waals surface area contributed by atoms with Gasteiger partial charge < -0.3 is 5.11 Å². The summed E-state index contributed by atoms with van der Waals surface area (Å²) in [7, 11) is 1.81. The summed E-state index contributed by atoms with van der Waals surface area (Å²) in [4.78, 5) is 13.6. The Labute approximate surface area is 114 Å². The van der Waals surface area contributed by atoms with E-state index in [-0.39, 0.29) is 0 Å². The van der Waals surface area contributed by atoms with Gasteiger partial charge in [-0.2, -0.15) is 5.10 Å². The van der Waals surface area contributed by atoms with Crippen molar-refractivity contribution in [1.29, 1.82) is 0 Å². The lowest BCUT2D eigenvalue weighted by atomic mass is 10.1. The molecule has 1 aromatic rings. The fourth-order valence-electron chi connectivity index (χ4n) is 2.28. The van der Waals surface area contributed by atoms with Crippen LogP contribution in [0.5, 0.6) is 0 Å². The van der Waals surface area contributed by atoms with Crippen molar-refractivity contribution in [3.05, 3.63) is 17.5 Å². The first-order chi connectivity index (χ1) is 8.99. The van der Waals surface area contributed by atoms with E-state index in [1.807, 2.05) is 7.05 Å². The van der Waals surface area contributed by atoms with E-state index in [1.54, 1.807) is 4.68 Å².